The van der Waals surface area contributed by atoms with Gasteiger partial charge in [-0.15, -0.1) is 0 Å². The molecule has 1 aliphatic heterocycles. The van der Waals surface area contributed by atoms with Crippen LogP contribution in [0.15, 0.2) is 11.6 Å². The van der Waals surface area contributed by atoms with Crippen LogP contribution < -0.4 is 0 Å². The average Bonchev–Trinajstić information content (AvgIpc) is 2.84. The molecule has 0 saturated carbocycles. The molecule has 0 aromatic heterocycles. The summed E-state index contributed by atoms with van der Waals surface area (Å²) in [6, 6.07) is 0. The summed E-state index contributed by atoms with van der Waals surface area (Å²) in [5.74, 6) is 0. The standard InChI is InChI=1S/C23H46O2Si/c1-17(2)13-12-15-23(11,21-14-16-22(9,10)24-21)25-26(18(3)4,19(5)6)20(7)8/h13,18-21H,12,14-16H2,1-11H3/t21-,23+/m0/s1. The third kappa shape index (κ3) is 5.45. The molecule has 0 amide bonds. The number of ether oxygens (including phenoxy) is 1. The van der Waals surface area contributed by atoms with Crippen molar-refractivity contribution in [3.8, 4) is 0 Å². The normalized spacial score (nSPS) is 22.9. The first-order valence-electron chi connectivity index (χ1n) is 10.8. The number of rotatable bonds is 9. The number of allylic oxidation sites excluding steroid dienone is 2. The maximum Gasteiger partial charge on any atom is 0.201 e. The Morgan fingerprint density at radius 1 is 1.12 bits per heavy atom. The zero-order valence-electron chi connectivity index (χ0n) is 19.5. The summed E-state index contributed by atoms with van der Waals surface area (Å²) in [6.45, 7) is 25.4. The second kappa shape index (κ2) is 8.92. The van der Waals surface area contributed by atoms with Gasteiger partial charge in [-0.1, -0.05) is 53.2 Å². The molecular weight excluding hydrogens is 336 g/mol. The van der Waals surface area contributed by atoms with E-state index in [1.807, 2.05) is 0 Å². The Bertz CT molecular complexity index is 453. The Labute approximate surface area is 165 Å². The molecule has 0 bridgehead atoms. The molecule has 26 heavy (non-hydrogen) atoms. The topological polar surface area (TPSA) is 18.5 Å². The minimum Gasteiger partial charge on any atom is -0.408 e. The lowest BCUT2D eigenvalue weighted by molar-refractivity contribution is -0.114. The molecule has 1 aliphatic rings. The van der Waals surface area contributed by atoms with Gasteiger partial charge in [0.05, 0.1) is 17.3 Å². The number of hydrogen-bond acceptors (Lipinski definition) is 2. The van der Waals surface area contributed by atoms with Crippen molar-refractivity contribution in [2.24, 2.45) is 0 Å². The molecule has 0 N–H and O–H groups in total. The summed E-state index contributed by atoms with van der Waals surface area (Å²) in [5.41, 5.74) is 2.95. The van der Waals surface area contributed by atoms with E-state index in [9.17, 15) is 0 Å². The van der Waals surface area contributed by atoms with Gasteiger partial charge < -0.3 is 9.16 Å². The molecule has 1 saturated heterocycles. The molecule has 1 fully saturated rings. The highest BCUT2D eigenvalue weighted by Crippen LogP contribution is 2.48. The Morgan fingerprint density at radius 3 is 1.96 bits per heavy atom. The van der Waals surface area contributed by atoms with Gasteiger partial charge in [-0.05, 0) is 76.9 Å². The van der Waals surface area contributed by atoms with E-state index in [2.05, 4.69) is 82.2 Å². The van der Waals surface area contributed by atoms with Crippen molar-refractivity contribution in [3.05, 3.63) is 11.6 Å². The molecule has 0 spiro atoms. The van der Waals surface area contributed by atoms with E-state index in [0.717, 1.165) is 25.7 Å². The third-order valence-electron chi connectivity index (χ3n) is 6.46. The molecule has 1 rings (SSSR count). The van der Waals surface area contributed by atoms with Crippen LogP contribution in [0.5, 0.6) is 0 Å². The largest absolute Gasteiger partial charge is 0.408 e. The van der Waals surface area contributed by atoms with E-state index in [4.69, 9.17) is 9.16 Å². The molecular formula is C23H46O2Si. The first kappa shape index (κ1) is 23.9. The zero-order valence-corrected chi connectivity index (χ0v) is 20.5. The fourth-order valence-corrected chi connectivity index (χ4v) is 10.8. The molecule has 3 heteroatoms. The second-order valence-corrected chi connectivity index (χ2v) is 15.8. The smallest absolute Gasteiger partial charge is 0.201 e. The van der Waals surface area contributed by atoms with Gasteiger partial charge >= 0.3 is 0 Å². The van der Waals surface area contributed by atoms with Gasteiger partial charge in [-0.25, -0.2) is 0 Å². The first-order chi connectivity index (χ1) is 11.8. The molecule has 1 heterocycles. The summed E-state index contributed by atoms with van der Waals surface area (Å²) in [7, 11) is -1.95. The molecule has 0 aliphatic carbocycles. The Balaban J connectivity index is 3.23. The van der Waals surface area contributed by atoms with Crippen LogP contribution in [0, 0.1) is 0 Å². The SMILES string of the molecule is CC(C)=CCC[C@@](C)(O[Si](C(C)C)(C(C)C)C(C)C)[C@@H]1CCC(C)(C)O1. The Hall–Kier alpha value is -0.123. The Kier molecular flexibility index (Phi) is 8.20. The van der Waals surface area contributed by atoms with E-state index < -0.39 is 8.32 Å². The average molecular weight is 383 g/mol. The summed E-state index contributed by atoms with van der Waals surface area (Å²) in [6.07, 6.45) is 6.89. The van der Waals surface area contributed by atoms with Crippen LogP contribution in [0.2, 0.25) is 16.6 Å². The van der Waals surface area contributed by atoms with Crippen molar-refractivity contribution >= 4 is 8.32 Å². The summed E-state index contributed by atoms with van der Waals surface area (Å²) in [5, 5.41) is 0. The highest BCUT2D eigenvalue weighted by molar-refractivity contribution is 6.77. The third-order valence-corrected chi connectivity index (χ3v) is 12.7. The minimum absolute atomic E-state index is 0.0243. The van der Waals surface area contributed by atoms with Crippen LogP contribution in [-0.4, -0.2) is 25.6 Å². The van der Waals surface area contributed by atoms with Gasteiger partial charge in [-0.3, -0.25) is 0 Å². The van der Waals surface area contributed by atoms with Gasteiger partial charge in [0.1, 0.15) is 0 Å². The quantitative estimate of drug-likeness (QED) is 0.301. The molecule has 0 aromatic rings. The number of hydrogen-bond donors (Lipinski definition) is 0. The maximum atomic E-state index is 7.35. The van der Waals surface area contributed by atoms with E-state index in [-0.39, 0.29) is 17.3 Å². The van der Waals surface area contributed by atoms with Crippen LogP contribution >= 0.6 is 0 Å². The lowest BCUT2D eigenvalue weighted by Crippen LogP contribution is -2.57. The lowest BCUT2D eigenvalue weighted by atomic mass is 9.90. The van der Waals surface area contributed by atoms with E-state index in [1.165, 1.54) is 5.57 Å². The van der Waals surface area contributed by atoms with Gasteiger partial charge in [0.15, 0.2) is 0 Å². The van der Waals surface area contributed by atoms with Gasteiger partial charge in [-0.2, -0.15) is 0 Å². The predicted molar refractivity (Wildman–Crippen MR) is 117 cm³/mol. The van der Waals surface area contributed by atoms with E-state index in [0.29, 0.717) is 16.6 Å². The van der Waals surface area contributed by atoms with Crippen molar-refractivity contribution in [2.75, 3.05) is 0 Å². The molecule has 0 unspecified atom stereocenters. The monoisotopic (exact) mass is 382 g/mol. The fraction of sp³-hybridized carbons (Fsp3) is 0.913. The zero-order chi connectivity index (χ0) is 20.3. The maximum absolute atomic E-state index is 7.35. The highest BCUT2D eigenvalue weighted by atomic mass is 28.4. The van der Waals surface area contributed by atoms with Crippen LogP contribution in [0.1, 0.15) is 102 Å². The highest BCUT2D eigenvalue weighted by Gasteiger charge is 2.53. The van der Waals surface area contributed by atoms with Crippen molar-refractivity contribution in [1.29, 1.82) is 0 Å². The van der Waals surface area contributed by atoms with Crippen LogP contribution in [0.25, 0.3) is 0 Å². The molecule has 0 aromatic carbocycles. The van der Waals surface area contributed by atoms with Crippen molar-refractivity contribution < 1.29 is 9.16 Å². The van der Waals surface area contributed by atoms with Gasteiger partial charge in [0.25, 0.3) is 0 Å². The molecule has 0 radical (unpaired) electrons. The summed E-state index contributed by atoms with van der Waals surface area (Å²) >= 11 is 0. The van der Waals surface area contributed by atoms with E-state index >= 15 is 0 Å². The van der Waals surface area contributed by atoms with Crippen LogP contribution in [0.3, 0.4) is 0 Å². The van der Waals surface area contributed by atoms with E-state index in [1.54, 1.807) is 0 Å². The van der Waals surface area contributed by atoms with Crippen LogP contribution in [-0.2, 0) is 9.16 Å². The molecule has 2 atom stereocenters. The minimum atomic E-state index is -1.95. The van der Waals surface area contributed by atoms with Gasteiger partial charge in [0.2, 0.25) is 8.32 Å². The first-order valence-corrected chi connectivity index (χ1v) is 12.9. The van der Waals surface area contributed by atoms with Crippen molar-refractivity contribution in [2.45, 2.75) is 136 Å². The lowest BCUT2D eigenvalue weighted by Gasteiger charge is -2.50. The second-order valence-electron chi connectivity index (χ2n) is 10.5. The van der Waals surface area contributed by atoms with Crippen molar-refractivity contribution in [3.63, 3.8) is 0 Å². The molecule has 154 valence electrons. The van der Waals surface area contributed by atoms with Crippen LogP contribution in [0.4, 0.5) is 0 Å². The fourth-order valence-electron chi connectivity index (χ4n) is 5.09. The Morgan fingerprint density at radius 2 is 1.62 bits per heavy atom. The summed E-state index contributed by atoms with van der Waals surface area (Å²) < 4.78 is 13.9. The van der Waals surface area contributed by atoms with Crippen molar-refractivity contribution in [1.82, 2.24) is 0 Å². The summed E-state index contributed by atoms with van der Waals surface area (Å²) in [4.78, 5) is 0. The van der Waals surface area contributed by atoms with Gasteiger partial charge in [0, 0.05) is 0 Å². The molecule has 2 nitrogen and oxygen atoms in total. The predicted octanol–water partition coefficient (Wildman–Crippen LogP) is 7.64.